The number of hydrogen-bond donors (Lipinski definition) is 0. The van der Waals surface area contributed by atoms with Gasteiger partial charge in [-0.2, -0.15) is 0 Å². The van der Waals surface area contributed by atoms with E-state index in [0.29, 0.717) is 10.8 Å². The summed E-state index contributed by atoms with van der Waals surface area (Å²) in [6.07, 6.45) is 4.16. The van der Waals surface area contributed by atoms with E-state index >= 15 is 0 Å². The fourth-order valence-electron chi connectivity index (χ4n) is 1.60. The van der Waals surface area contributed by atoms with Crippen LogP contribution in [0.25, 0.3) is 0 Å². The molecule has 0 spiro atoms. The minimum atomic E-state index is -0.0546. The fraction of sp³-hybridized carbons (Fsp3) is 0.615. The summed E-state index contributed by atoms with van der Waals surface area (Å²) in [5.74, 6) is -0.0546. The number of nitrogens with zero attached hydrogens (tertiary/aromatic N) is 3. The van der Waals surface area contributed by atoms with Crippen LogP contribution in [0.5, 0.6) is 0 Å². The Morgan fingerprint density at radius 3 is 2.22 bits per heavy atom. The van der Waals surface area contributed by atoms with Gasteiger partial charge in [0.2, 0.25) is 0 Å². The van der Waals surface area contributed by atoms with E-state index in [0.717, 1.165) is 38.8 Å². The van der Waals surface area contributed by atoms with Gasteiger partial charge >= 0.3 is 0 Å². The Kier molecular flexibility index (Phi) is 6.65. The number of amides is 1. The third kappa shape index (κ3) is 4.61. The van der Waals surface area contributed by atoms with Crippen molar-refractivity contribution in [2.45, 2.75) is 39.5 Å². The second-order valence-corrected chi connectivity index (χ2v) is 4.63. The number of halogens is 1. The minimum absolute atomic E-state index is 0.0546. The van der Waals surface area contributed by atoms with Gasteiger partial charge in [0.25, 0.3) is 5.91 Å². The van der Waals surface area contributed by atoms with Gasteiger partial charge in [-0.25, -0.2) is 0 Å². The van der Waals surface area contributed by atoms with Crippen LogP contribution in [0.3, 0.4) is 0 Å². The zero-order valence-corrected chi connectivity index (χ0v) is 11.8. The summed E-state index contributed by atoms with van der Waals surface area (Å²) in [4.78, 5) is 14.1. The van der Waals surface area contributed by atoms with Crippen LogP contribution in [-0.2, 0) is 0 Å². The Hall–Kier alpha value is -1.16. The highest BCUT2D eigenvalue weighted by Crippen LogP contribution is 2.07. The van der Waals surface area contributed by atoms with Crippen molar-refractivity contribution >= 4 is 17.5 Å². The van der Waals surface area contributed by atoms with E-state index in [2.05, 4.69) is 24.0 Å². The van der Waals surface area contributed by atoms with Crippen molar-refractivity contribution in [1.82, 2.24) is 15.1 Å². The zero-order valence-electron chi connectivity index (χ0n) is 11.0. The molecule has 0 radical (unpaired) electrons. The number of hydrogen-bond acceptors (Lipinski definition) is 3. The highest BCUT2D eigenvalue weighted by molar-refractivity contribution is 6.29. The van der Waals surface area contributed by atoms with E-state index in [-0.39, 0.29) is 5.91 Å². The Bertz CT molecular complexity index is 359. The molecular formula is C13H20ClN3O. The molecule has 1 rings (SSSR count). The molecule has 1 aromatic rings. The second kappa shape index (κ2) is 8.03. The summed E-state index contributed by atoms with van der Waals surface area (Å²) < 4.78 is 0. The van der Waals surface area contributed by atoms with Gasteiger partial charge in [0.1, 0.15) is 0 Å². The average molecular weight is 270 g/mol. The topological polar surface area (TPSA) is 46.1 Å². The molecule has 4 nitrogen and oxygen atoms in total. The Balaban J connectivity index is 2.70. The number of carbonyl (C=O) groups excluding carboxylic acids is 1. The summed E-state index contributed by atoms with van der Waals surface area (Å²) in [6, 6.07) is 3.22. The quantitative estimate of drug-likeness (QED) is 0.764. The fourth-order valence-corrected chi connectivity index (χ4v) is 1.71. The first-order valence-electron chi connectivity index (χ1n) is 6.47. The molecule has 0 aliphatic heterocycles. The molecule has 0 unspecified atom stereocenters. The molecular weight excluding hydrogens is 250 g/mol. The second-order valence-electron chi connectivity index (χ2n) is 4.24. The first kappa shape index (κ1) is 14.9. The van der Waals surface area contributed by atoms with Crippen molar-refractivity contribution in [3.63, 3.8) is 0 Å². The van der Waals surface area contributed by atoms with Gasteiger partial charge in [-0.15, -0.1) is 10.2 Å². The predicted octanol–water partition coefficient (Wildman–Crippen LogP) is 3.17. The molecule has 0 aliphatic carbocycles. The maximum atomic E-state index is 12.2. The van der Waals surface area contributed by atoms with Crippen LogP contribution in [0.4, 0.5) is 0 Å². The van der Waals surface area contributed by atoms with Crippen molar-refractivity contribution in [3.8, 4) is 0 Å². The molecule has 100 valence electrons. The molecule has 0 bridgehead atoms. The lowest BCUT2D eigenvalue weighted by atomic mass is 10.2. The average Bonchev–Trinajstić information content (AvgIpc) is 2.39. The number of rotatable bonds is 7. The Labute approximate surface area is 113 Å². The van der Waals surface area contributed by atoms with Crippen LogP contribution in [0.15, 0.2) is 12.1 Å². The molecule has 1 aromatic heterocycles. The SMILES string of the molecule is CCCCN(CCCC)C(=O)c1ccc(Cl)nn1. The van der Waals surface area contributed by atoms with Crippen molar-refractivity contribution in [3.05, 3.63) is 23.0 Å². The lowest BCUT2D eigenvalue weighted by Crippen LogP contribution is -2.33. The van der Waals surface area contributed by atoms with E-state index in [4.69, 9.17) is 11.6 Å². The highest BCUT2D eigenvalue weighted by atomic mass is 35.5. The van der Waals surface area contributed by atoms with E-state index in [9.17, 15) is 4.79 Å². The maximum Gasteiger partial charge on any atom is 0.274 e. The molecule has 0 aliphatic rings. The molecule has 1 heterocycles. The molecule has 0 N–H and O–H groups in total. The summed E-state index contributed by atoms with van der Waals surface area (Å²) in [6.45, 7) is 5.79. The standard InChI is InChI=1S/C13H20ClN3O/c1-3-5-9-17(10-6-4-2)13(18)11-7-8-12(14)16-15-11/h7-8H,3-6,9-10H2,1-2H3. The van der Waals surface area contributed by atoms with Crippen molar-refractivity contribution < 1.29 is 4.79 Å². The number of carbonyl (C=O) groups is 1. The normalized spacial score (nSPS) is 10.4. The van der Waals surface area contributed by atoms with Crippen LogP contribution in [0, 0.1) is 0 Å². The molecule has 0 fully saturated rings. The number of aromatic nitrogens is 2. The lowest BCUT2D eigenvalue weighted by molar-refractivity contribution is 0.0744. The molecule has 0 aromatic carbocycles. The van der Waals surface area contributed by atoms with Crippen LogP contribution < -0.4 is 0 Å². The van der Waals surface area contributed by atoms with Crippen molar-refractivity contribution in [1.29, 1.82) is 0 Å². The monoisotopic (exact) mass is 269 g/mol. The largest absolute Gasteiger partial charge is 0.337 e. The predicted molar refractivity (Wildman–Crippen MR) is 72.8 cm³/mol. The van der Waals surface area contributed by atoms with E-state index in [1.807, 2.05) is 4.90 Å². The first-order valence-corrected chi connectivity index (χ1v) is 6.85. The van der Waals surface area contributed by atoms with Gasteiger partial charge in [-0.1, -0.05) is 38.3 Å². The molecule has 5 heteroatoms. The van der Waals surface area contributed by atoms with Crippen LogP contribution in [-0.4, -0.2) is 34.1 Å². The smallest absolute Gasteiger partial charge is 0.274 e. The molecule has 18 heavy (non-hydrogen) atoms. The summed E-state index contributed by atoms with van der Waals surface area (Å²) in [7, 11) is 0. The maximum absolute atomic E-state index is 12.2. The van der Waals surface area contributed by atoms with Crippen LogP contribution >= 0.6 is 11.6 Å². The lowest BCUT2D eigenvalue weighted by Gasteiger charge is -2.21. The van der Waals surface area contributed by atoms with Gasteiger partial charge < -0.3 is 4.90 Å². The van der Waals surface area contributed by atoms with Gasteiger partial charge in [0.15, 0.2) is 10.8 Å². The van der Waals surface area contributed by atoms with E-state index < -0.39 is 0 Å². The Morgan fingerprint density at radius 2 is 1.78 bits per heavy atom. The number of unbranched alkanes of at least 4 members (excludes halogenated alkanes) is 2. The molecule has 0 atom stereocenters. The van der Waals surface area contributed by atoms with Gasteiger partial charge in [0, 0.05) is 13.1 Å². The van der Waals surface area contributed by atoms with Crippen LogP contribution in [0.2, 0.25) is 5.15 Å². The zero-order chi connectivity index (χ0) is 13.4. The summed E-state index contributed by atoms with van der Waals surface area (Å²) in [5, 5.41) is 7.86. The molecule has 0 saturated heterocycles. The van der Waals surface area contributed by atoms with E-state index in [1.165, 1.54) is 0 Å². The summed E-state index contributed by atoms with van der Waals surface area (Å²) in [5.41, 5.74) is 0.367. The summed E-state index contributed by atoms with van der Waals surface area (Å²) >= 11 is 5.66. The molecule has 0 saturated carbocycles. The van der Waals surface area contributed by atoms with Gasteiger partial charge in [-0.3, -0.25) is 4.79 Å². The molecule has 1 amide bonds. The van der Waals surface area contributed by atoms with Crippen LogP contribution in [0.1, 0.15) is 50.0 Å². The highest BCUT2D eigenvalue weighted by Gasteiger charge is 2.16. The van der Waals surface area contributed by atoms with Crippen molar-refractivity contribution in [2.24, 2.45) is 0 Å². The minimum Gasteiger partial charge on any atom is -0.337 e. The third-order valence-corrected chi connectivity index (χ3v) is 2.90. The Morgan fingerprint density at radius 1 is 1.17 bits per heavy atom. The third-order valence-electron chi connectivity index (χ3n) is 2.70. The van der Waals surface area contributed by atoms with Gasteiger partial charge in [0.05, 0.1) is 0 Å². The van der Waals surface area contributed by atoms with Gasteiger partial charge in [-0.05, 0) is 25.0 Å². The first-order chi connectivity index (χ1) is 8.69. The van der Waals surface area contributed by atoms with E-state index in [1.54, 1.807) is 12.1 Å². The van der Waals surface area contributed by atoms with Crippen molar-refractivity contribution in [2.75, 3.05) is 13.1 Å².